The second kappa shape index (κ2) is 3.32. The predicted octanol–water partition coefficient (Wildman–Crippen LogP) is 0.816. The molecule has 1 aromatic rings. The summed E-state index contributed by atoms with van der Waals surface area (Å²) < 4.78 is 11.2. The van der Waals surface area contributed by atoms with Gasteiger partial charge in [-0.2, -0.15) is 10.2 Å². The molecule has 2 aliphatic heterocycles. The molecule has 78 valence electrons. The average Bonchev–Trinajstić information content (AvgIpc) is 2.31. The van der Waals surface area contributed by atoms with Crippen molar-refractivity contribution in [2.24, 2.45) is 10.2 Å². The van der Waals surface area contributed by atoms with E-state index in [1.54, 1.807) is 6.20 Å². The molecule has 3 heterocycles. The van der Waals surface area contributed by atoms with Crippen LogP contribution in [0.25, 0.3) is 0 Å². The van der Waals surface area contributed by atoms with E-state index < -0.39 is 5.60 Å². The Kier molecular flexibility index (Phi) is 1.96. The third-order valence-corrected chi connectivity index (χ3v) is 2.57. The van der Waals surface area contributed by atoms with Crippen molar-refractivity contribution < 1.29 is 9.47 Å². The molecular weight excluding hydrogens is 196 g/mol. The lowest BCUT2D eigenvalue weighted by Gasteiger charge is -2.36. The van der Waals surface area contributed by atoms with Crippen LogP contribution in [0, 0.1) is 0 Å². The second-order valence-electron chi connectivity index (χ2n) is 3.55. The second-order valence-corrected chi connectivity index (χ2v) is 3.55. The van der Waals surface area contributed by atoms with Crippen LogP contribution in [0.15, 0.2) is 22.8 Å². The van der Waals surface area contributed by atoms with Crippen molar-refractivity contribution >= 4 is 5.69 Å². The van der Waals surface area contributed by atoms with Crippen LogP contribution in [0.2, 0.25) is 0 Å². The number of fused-ring (bicyclic) bond motifs is 2. The fraction of sp³-hybridized carbons (Fsp3) is 0.556. The first-order valence-electron chi connectivity index (χ1n) is 4.80. The molecule has 1 saturated heterocycles. The third kappa shape index (κ3) is 1.33. The first-order chi connectivity index (χ1) is 7.41. The summed E-state index contributed by atoms with van der Waals surface area (Å²) in [5, 5.41) is 8.04. The maximum Gasteiger partial charge on any atom is 0.157 e. The van der Waals surface area contributed by atoms with Gasteiger partial charge in [-0.3, -0.25) is 0 Å². The molecule has 6 nitrogen and oxygen atoms in total. The summed E-state index contributed by atoms with van der Waals surface area (Å²) in [6.07, 6.45) is 3.14. The molecule has 1 aromatic heterocycles. The van der Waals surface area contributed by atoms with Crippen molar-refractivity contribution in [3.63, 3.8) is 0 Å². The lowest BCUT2D eigenvalue weighted by molar-refractivity contribution is -0.160. The van der Waals surface area contributed by atoms with Crippen molar-refractivity contribution in [1.29, 1.82) is 0 Å². The summed E-state index contributed by atoms with van der Waals surface area (Å²) in [7, 11) is 0. The van der Waals surface area contributed by atoms with E-state index in [0.29, 0.717) is 32.1 Å². The summed E-state index contributed by atoms with van der Waals surface area (Å²) in [6, 6.07) is 0. The number of hydrogen-bond acceptors (Lipinski definition) is 6. The molecule has 0 radical (unpaired) electrons. The smallest absolute Gasteiger partial charge is 0.157 e. The minimum atomic E-state index is -0.543. The Morgan fingerprint density at radius 2 is 2.33 bits per heavy atom. The number of azo groups is 1. The Labute approximate surface area is 86.4 Å². The van der Waals surface area contributed by atoms with Crippen LogP contribution in [0.5, 0.6) is 0 Å². The molecule has 0 N–H and O–H groups in total. The van der Waals surface area contributed by atoms with Gasteiger partial charge in [-0.25, -0.2) is 9.97 Å². The van der Waals surface area contributed by atoms with Crippen molar-refractivity contribution in [1.82, 2.24) is 9.97 Å². The monoisotopic (exact) mass is 206 g/mol. The standard InChI is InChI=1S/C9H10N4O2/c1-2-15-9(5-14-1)4-12-13-7-3-10-6-11-8(7)9/h3,6H,1-2,4-5H2. The summed E-state index contributed by atoms with van der Waals surface area (Å²) in [5.74, 6) is 0. The fourth-order valence-electron chi connectivity index (χ4n) is 1.85. The Hall–Kier alpha value is -1.40. The molecule has 1 fully saturated rings. The molecule has 6 heteroatoms. The van der Waals surface area contributed by atoms with Crippen LogP contribution >= 0.6 is 0 Å². The van der Waals surface area contributed by atoms with Crippen molar-refractivity contribution in [2.75, 3.05) is 26.4 Å². The highest BCUT2D eigenvalue weighted by Crippen LogP contribution is 2.36. The van der Waals surface area contributed by atoms with Gasteiger partial charge in [-0.1, -0.05) is 0 Å². The number of rotatable bonds is 0. The third-order valence-electron chi connectivity index (χ3n) is 2.57. The average molecular weight is 206 g/mol. The highest BCUT2D eigenvalue weighted by atomic mass is 16.6. The van der Waals surface area contributed by atoms with Crippen molar-refractivity contribution in [2.45, 2.75) is 5.60 Å². The maximum atomic E-state index is 5.76. The van der Waals surface area contributed by atoms with Gasteiger partial charge in [0, 0.05) is 0 Å². The van der Waals surface area contributed by atoms with E-state index in [-0.39, 0.29) is 0 Å². The Morgan fingerprint density at radius 1 is 1.33 bits per heavy atom. The van der Waals surface area contributed by atoms with Gasteiger partial charge in [0.1, 0.15) is 17.7 Å². The molecule has 1 atom stereocenters. The van der Waals surface area contributed by atoms with Gasteiger partial charge in [-0.05, 0) is 0 Å². The van der Waals surface area contributed by atoms with E-state index in [4.69, 9.17) is 9.47 Å². The lowest BCUT2D eigenvalue weighted by atomic mass is 9.97. The summed E-state index contributed by atoms with van der Waals surface area (Å²) in [5.41, 5.74) is 0.916. The molecule has 1 spiro atoms. The quantitative estimate of drug-likeness (QED) is 0.630. The fourth-order valence-corrected chi connectivity index (χ4v) is 1.85. The molecule has 0 bridgehead atoms. The van der Waals surface area contributed by atoms with E-state index in [1.165, 1.54) is 6.33 Å². The van der Waals surface area contributed by atoms with Crippen LogP contribution in [-0.2, 0) is 15.1 Å². The molecule has 0 amide bonds. The number of aromatic nitrogens is 2. The zero-order valence-corrected chi connectivity index (χ0v) is 8.09. The minimum absolute atomic E-state index is 0.469. The molecule has 0 saturated carbocycles. The largest absolute Gasteiger partial charge is 0.376 e. The van der Waals surface area contributed by atoms with Gasteiger partial charge in [-0.15, -0.1) is 0 Å². The van der Waals surface area contributed by atoms with Gasteiger partial charge in [0.25, 0.3) is 0 Å². The molecule has 3 rings (SSSR count). The van der Waals surface area contributed by atoms with E-state index in [2.05, 4.69) is 20.2 Å². The van der Waals surface area contributed by atoms with Gasteiger partial charge >= 0.3 is 0 Å². The van der Waals surface area contributed by atoms with E-state index in [9.17, 15) is 0 Å². The van der Waals surface area contributed by atoms with Crippen LogP contribution in [0.4, 0.5) is 5.69 Å². The van der Waals surface area contributed by atoms with Crippen molar-refractivity contribution in [3.05, 3.63) is 18.2 Å². The minimum Gasteiger partial charge on any atom is -0.376 e. The summed E-state index contributed by atoms with van der Waals surface area (Å²) >= 11 is 0. The maximum absolute atomic E-state index is 5.76. The normalized spacial score (nSPS) is 29.1. The van der Waals surface area contributed by atoms with Gasteiger partial charge in [0.15, 0.2) is 5.60 Å². The zero-order valence-electron chi connectivity index (χ0n) is 8.09. The number of nitrogens with zero attached hydrogens (tertiary/aromatic N) is 4. The first kappa shape index (κ1) is 8.87. The molecule has 0 aliphatic carbocycles. The Bertz CT molecular complexity index is 401. The topological polar surface area (TPSA) is 69.0 Å². The van der Waals surface area contributed by atoms with E-state index in [0.717, 1.165) is 5.69 Å². The highest BCUT2D eigenvalue weighted by molar-refractivity contribution is 5.43. The zero-order chi connectivity index (χ0) is 10.1. The molecule has 0 aromatic carbocycles. The lowest BCUT2D eigenvalue weighted by Crippen LogP contribution is -2.44. The molecule has 15 heavy (non-hydrogen) atoms. The number of hydrogen-bond donors (Lipinski definition) is 0. The van der Waals surface area contributed by atoms with Crippen LogP contribution < -0.4 is 0 Å². The van der Waals surface area contributed by atoms with Crippen LogP contribution in [0.3, 0.4) is 0 Å². The Morgan fingerprint density at radius 3 is 3.20 bits per heavy atom. The van der Waals surface area contributed by atoms with Crippen LogP contribution in [0.1, 0.15) is 5.69 Å². The molecule has 2 aliphatic rings. The van der Waals surface area contributed by atoms with E-state index >= 15 is 0 Å². The van der Waals surface area contributed by atoms with E-state index in [1.807, 2.05) is 0 Å². The summed E-state index contributed by atoms with van der Waals surface area (Å²) in [4.78, 5) is 8.14. The van der Waals surface area contributed by atoms with Crippen molar-refractivity contribution in [3.8, 4) is 0 Å². The Balaban J connectivity index is 2.08. The molecule has 1 unspecified atom stereocenters. The predicted molar refractivity (Wildman–Crippen MR) is 49.9 cm³/mol. The van der Waals surface area contributed by atoms with Gasteiger partial charge < -0.3 is 9.47 Å². The SMILES string of the molecule is c1ncc2c(n1)C1(CN=N2)COCCO1. The first-order valence-corrected chi connectivity index (χ1v) is 4.80. The van der Waals surface area contributed by atoms with Crippen LogP contribution in [-0.4, -0.2) is 36.3 Å². The molecular formula is C9H10N4O2. The summed E-state index contributed by atoms with van der Waals surface area (Å²) in [6.45, 7) is 2.14. The number of ether oxygens (including phenoxy) is 2. The van der Waals surface area contributed by atoms with Gasteiger partial charge in [0.2, 0.25) is 0 Å². The highest BCUT2D eigenvalue weighted by Gasteiger charge is 2.41. The van der Waals surface area contributed by atoms with Gasteiger partial charge in [0.05, 0.1) is 32.6 Å².